The van der Waals surface area contributed by atoms with Crippen molar-refractivity contribution in [1.82, 2.24) is 4.98 Å². The molecule has 3 aromatic rings. The Kier molecular flexibility index (Phi) is 1.85. The molecule has 0 bridgehead atoms. The molecule has 0 amide bonds. The second-order valence-electron chi connectivity index (χ2n) is 3.01. The normalized spacial score (nSPS) is 10.9. The van der Waals surface area contributed by atoms with Crippen molar-refractivity contribution in [1.29, 1.82) is 0 Å². The minimum atomic E-state index is 1.10. The minimum Gasteiger partial charge on any atom is -0.255 e. The lowest BCUT2D eigenvalue weighted by atomic mass is 10.3. The van der Waals surface area contributed by atoms with Gasteiger partial charge in [-0.2, -0.15) is 11.3 Å². The molecule has 0 radical (unpaired) electrons. The number of hydrogen-bond acceptors (Lipinski definition) is 3. The molecule has 68 valence electrons. The Morgan fingerprint density at radius 2 is 2.21 bits per heavy atom. The van der Waals surface area contributed by atoms with Gasteiger partial charge in [0.05, 0.1) is 10.2 Å². The molecular formula is C11H7NS2. The number of pyridine rings is 1. The monoisotopic (exact) mass is 217 g/mol. The molecule has 1 nitrogen and oxygen atoms in total. The van der Waals surface area contributed by atoms with Crippen LogP contribution in [0.4, 0.5) is 0 Å². The maximum Gasteiger partial charge on any atom is 0.0816 e. The average Bonchev–Trinajstić information content (AvgIpc) is 2.86. The molecule has 0 spiro atoms. The van der Waals surface area contributed by atoms with Crippen molar-refractivity contribution < 1.29 is 0 Å². The number of rotatable bonds is 1. The van der Waals surface area contributed by atoms with Crippen molar-refractivity contribution >= 4 is 32.9 Å². The van der Waals surface area contributed by atoms with Gasteiger partial charge < -0.3 is 0 Å². The average molecular weight is 217 g/mol. The van der Waals surface area contributed by atoms with Crippen molar-refractivity contribution in [3.8, 4) is 10.4 Å². The molecule has 0 atom stereocenters. The molecule has 0 aliphatic heterocycles. The van der Waals surface area contributed by atoms with Crippen LogP contribution in [0, 0.1) is 0 Å². The molecule has 3 heterocycles. The maximum atomic E-state index is 4.33. The first kappa shape index (κ1) is 8.15. The van der Waals surface area contributed by atoms with Crippen LogP contribution in [0.2, 0.25) is 0 Å². The lowest BCUT2D eigenvalue weighted by Gasteiger charge is -1.85. The van der Waals surface area contributed by atoms with Gasteiger partial charge in [-0.05, 0) is 35.0 Å². The van der Waals surface area contributed by atoms with E-state index in [0.717, 1.165) is 5.52 Å². The lowest BCUT2D eigenvalue weighted by molar-refractivity contribution is 1.43. The van der Waals surface area contributed by atoms with Crippen LogP contribution in [0.1, 0.15) is 0 Å². The van der Waals surface area contributed by atoms with E-state index in [4.69, 9.17) is 0 Å². The third kappa shape index (κ3) is 1.25. The third-order valence-corrected chi connectivity index (χ3v) is 3.91. The molecule has 3 heteroatoms. The Labute approximate surface area is 89.7 Å². The molecule has 3 rings (SSSR count). The number of nitrogens with zero attached hydrogens (tertiary/aromatic N) is 1. The molecule has 0 saturated carbocycles. The van der Waals surface area contributed by atoms with E-state index in [2.05, 4.69) is 33.9 Å². The molecular weight excluding hydrogens is 210 g/mol. The summed E-state index contributed by atoms with van der Waals surface area (Å²) >= 11 is 3.53. The van der Waals surface area contributed by atoms with Gasteiger partial charge in [0.25, 0.3) is 0 Å². The summed E-state index contributed by atoms with van der Waals surface area (Å²) in [7, 11) is 0. The quantitative estimate of drug-likeness (QED) is 0.600. The van der Waals surface area contributed by atoms with Crippen LogP contribution in [-0.4, -0.2) is 4.98 Å². The van der Waals surface area contributed by atoms with Crippen LogP contribution in [0.15, 0.2) is 41.2 Å². The predicted molar refractivity (Wildman–Crippen MR) is 62.9 cm³/mol. The standard InChI is InChI=1S/C11H7NS2/c1-2-10-9(12-4-1)6-11(14-10)8-3-5-13-7-8/h1-7H. The van der Waals surface area contributed by atoms with Crippen molar-refractivity contribution in [3.05, 3.63) is 41.2 Å². The van der Waals surface area contributed by atoms with Crippen molar-refractivity contribution in [2.75, 3.05) is 0 Å². The van der Waals surface area contributed by atoms with Gasteiger partial charge in [-0.15, -0.1) is 11.3 Å². The van der Waals surface area contributed by atoms with E-state index in [1.807, 2.05) is 12.3 Å². The Morgan fingerprint density at radius 1 is 1.21 bits per heavy atom. The molecule has 0 fully saturated rings. The van der Waals surface area contributed by atoms with E-state index in [0.29, 0.717) is 0 Å². The first-order valence-electron chi connectivity index (χ1n) is 4.30. The highest BCUT2D eigenvalue weighted by Gasteiger charge is 2.03. The number of aromatic nitrogens is 1. The molecule has 0 unspecified atom stereocenters. The van der Waals surface area contributed by atoms with Crippen LogP contribution in [0.3, 0.4) is 0 Å². The van der Waals surface area contributed by atoms with Gasteiger partial charge in [0, 0.05) is 16.6 Å². The third-order valence-electron chi connectivity index (χ3n) is 2.09. The summed E-state index contributed by atoms with van der Waals surface area (Å²) in [4.78, 5) is 5.63. The summed E-state index contributed by atoms with van der Waals surface area (Å²) in [6.07, 6.45) is 1.84. The second kappa shape index (κ2) is 3.19. The topological polar surface area (TPSA) is 12.9 Å². The Hall–Kier alpha value is -1.19. The summed E-state index contributed by atoms with van der Waals surface area (Å²) in [5.74, 6) is 0. The van der Waals surface area contributed by atoms with E-state index < -0.39 is 0 Å². The predicted octanol–water partition coefficient (Wildman–Crippen LogP) is 4.02. The summed E-state index contributed by atoms with van der Waals surface area (Å²) in [5, 5.41) is 4.28. The van der Waals surface area contributed by atoms with Crippen LogP contribution >= 0.6 is 22.7 Å². The highest BCUT2D eigenvalue weighted by atomic mass is 32.1. The summed E-state index contributed by atoms with van der Waals surface area (Å²) in [5.41, 5.74) is 2.40. The van der Waals surface area contributed by atoms with Crippen LogP contribution < -0.4 is 0 Å². The highest BCUT2D eigenvalue weighted by Crippen LogP contribution is 2.33. The molecule has 0 aliphatic rings. The molecule has 0 N–H and O–H groups in total. The Balaban J connectivity index is 2.24. The Morgan fingerprint density at radius 3 is 3.00 bits per heavy atom. The first-order chi connectivity index (χ1) is 6.93. The van der Waals surface area contributed by atoms with E-state index in [1.165, 1.54) is 15.1 Å². The van der Waals surface area contributed by atoms with E-state index in [-0.39, 0.29) is 0 Å². The zero-order valence-electron chi connectivity index (χ0n) is 7.31. The van der Waals surface area contributed by atoms with Gasteiger partial charge in [-0.3, -0.25) is 4.98 Å². The Bertz CT molecular complexity index is 518. The summed E-state index contributed by atoms with van der Waals surface area (Å²) < 4.78 is 1.26. The number of fused-ring (bicyclic) bond motifs is 1. The summed E-state index contributed by atoms with van der Waals surface area (Å²) in [6, 6.07) is 8.40. The fourth-order valence-corrected chi connectivity index (χ4v) is 3.16. The molecule has 0 saturated heterocycles. The fraction of sp³-hybridized carbons (Fsp3) is 0. The van der Waals surface area contributed by atoms with Gasteiger partial charge in [-0.25, -0.2) is 0 Å². The van der Waals surface area contributed by atoms with E-state index in [1.54, 1.807) is 22.7 Å². The molecule has 3 aromatic heterocycles. The minimum absolute atomic E-state index is 1.10. The van der Waals surface area contributed by atoms with Crippen molar-refractivity contribution in [3.63, 3.8) is 0 Å². The van der Waals surface area contributed by atoms with E-state index >= 15 is 0 Å². The van der Waals surface area contributed by atoms with Crippen LogP contribution in [0.5, 0.6) is 0 Å². The van der Waals surface area contributed by atoms with Gasteiger partial charge >= 0.3 is 0 Å². The van der Waals surface area contributed by atoms with E-state index in [9.17, 15) is 0 Å². The van der Waals surface area contributed by atoms with Crippen molar-refractivity contribution in [2.45, 2.75) is 0 Å². The second-order valence-corrected chi connectivity index (χ2v) is 4.87. The first-order valence-corrected chi connectivity index (χ1v) is 6.06. The van der Waals surface area contributed by atoms with Crippen molar-refractivity contribution in [2.24, 2.45) is 0 Å². The largest absolute Gasteiger partial charge is 0.255 e. The summed E-state index contributed by atoms with van der Waals surface area (Å²) in [6.45, 7) is 0. The zero-order valence-corrected chi connectivity index (χ0v) is 8.94. The van der Waals surface area contributed by atoms with Gasteiger partial charge in [0.2, 0.25) is 0 Å². The smallest absolute Gasteiger partial charge is 0.0816 e. The SMILES string of the molecule is c1cnc2cc(-c3ccsc3)sc2c1. The molecule has 0 aliphatic carbocycles. The lowest BCUT2D eigenvalue weighted by Crippen LogP contribution is -1.66. The van der Waals surface area contributed by atoms with Gasteiger partial charge in [0.15, 0.2) is 0 Å². The number of hydrogen-bond donors (Lipinski definition) is 0. The van der Waals surface area contributed by atoms with Gasteiger partial charge in [-0.1, -0.05) is 0 Å². The molecule has 14 heavy (non-hydrogen) atoms. The maximum absolute atomic E-state index is 4.33. The zero-order chi connectivity index (χ0) is 9.38. The molecule has 0 aromatic carbocycles. The van der Waals surface area contributed by atoms with Crippen LogP contribution in [0.25, 0.3) is 20.7 Å². The van der Waals surface area contributed by atoms with Crippen LogP contribution in [-0.2, 0) is 0 Å². The number of thiophene rings is 2. The van der Waals surface area contributed by atoms with Gasteiger partial charge in [0.1, 0.15) is 0 Å². The fourth-order valence-electron chi connectivity index (χ4n) is 1.42. The highest BCUT2D eigenvalue weighted by molar-refractivity contribution is 7.22.